The van der Waals surface area contributed by atoms with E-state index in [9.17, 15) is 13.2 Å². The molecule has 3 aromatic rings. The van der Waals surface area contributed by atoms with Crippen molar-refractivity contribution >= 4 is 72.5 Å². The van der Waals surface area contributed by atoms with Crippen LogP contribution in [0.25, 0.3) is 0 Å². The van der Waals surface area contributed by atoms with Gasteiger partial charge in [-0.2, -0.15) is 4.31 Å². The van der Waals surface area contributed by atoms with Gasteiger partial charge < -0.3 is 5.32 Å². The first-order valence-corrected chi connectivity index (χ1v) is 13.5. The van der Waals surface area contributed by atoms with E-state index in [1.165, 1.54) is 12.1 Å². The number of carbonyl (C=O) groups excluding carboxylic acids is 1. The molecular weight excluding hydrogens is 555 g/mol. The number of nitrogens with one attached hydrogen (secondary N) is 1. The minimum atomic E-state index is -3.97. The Morgan fingerprint density at radius 1 is 1.03 bits per heavy atom. The fourth-order valence-corrected chi connectivity index (χ4v) is 5.31. The fourth-order valence-electron chi connectivity index (χ4n) is 2.88. The average molecular weight is 574 g/mol. The van der Waals surface area contributed by atoms with Gasteiger partial charge in [-0.25, -0.2) is 8.42 Å². The van der Waals surface area contributed by atoms with Gasteiger partial charge in [0.25, 0.3) is 0 Å². The molecule has 1 amide bonds. The second kappa shape index (κ2) is 11.0. The number of thioether (sulfide) groups is 1. The first kappa shape index (κ1) is 25.1. The molecular formula is C22H19BrCl2N2O3S2. The molecule has 10 heteroatoms. The quantitative estimate of drug-likeness (QED) is 0.321. The molecule has 32 heavy (non-hydrogen) atoms. The van der Waals surface area contributed by atoms with Crippen molar-refractivity contribution in [3.63, 3.8) is 0 Å². The molecule has 0 bridgehead atoms. The van der Waals surface area contributed by atoms with Crippen molar-refractivity contribution in [2.24, 2.45) is 0 Å². The molecule has 0 atom stereocenters. The monoisotopic (exact) mass is 572 g/mol. The maximum Gasteiger partial charge on any atom is 0.243 e. The predicted molar refractivity (Wildman–Crippen MR) is 135 cm³/mol. The third kappa shape index (κ3) is 6.50. The van der Waals surface area contributed by atoms with Gasteiger partial charge in [0.15, 0.2) is 0 Å². The SMILES string of the molecule is CSc1cccc(NC(=O)CN(Cc2ccc(Cl)c(Cl)c2)S(=O)(=O)c2ccc(Br)cc2)c1. The topological polar surface area (TPSA) is 66.5 Å². The lowest BCUT2D eigenvalue weighted by Crippen LogP contribution is -2.37. The maximum atomic E-state index is 13.4. The number of hydrogen-bond acceptors (Lipinski definition) is 4. The Balaban J connectivity index is 1.89. The second-order valence-corrected chi connectivity index (χ2v) is 11.3. The molecule has 168 valence electrons. The van der Waals surface area contributed by atoms with Crippen LogP contribution in [0.3, 0.4) is 0 Å². The van der Waals surface area contributed by atoms with Gasteiger partial charge in [-0.1, -0.05) is 51.3 Å². The Bertz CT molecular complexity index is 1220. The van der Waals surface area contributed by atoms with Gasteiger partial charge >= 0.3 is 0 Å². The van der Waals surface area contributed by atoms with Crippen molar-refractivity contribution in [2.45, 2.75) is 16.3 Å². The largest absolute Gasteiger partial charge is 0.325 e. The number of carbonyl (C=O) groups is 1. The molecule has 0 aliphatic carbocycles. The Labute approximate surface area is 210 Å². The highest BCUT2D eigenvalue weighted by Crippen LogP contribution is 2.26. The van der Waals surface area contributed by atoms with Crippen molar-refractivity contribution in [1.82, 2.24) is 4.31 Å². The number of sulfonamides is 1. The Morgan fingerprint density at radius 2 is 1.75 bits per heavy atom. The predicted octanol–water partition coefficient (Wildman–Crippen LogP) is 6.31. The van der Waals surface area contributed by atoms with Gasteiger partial charge in [-0.3, -0.25) is 4.79 Å². The Kier molecular flexibility index (Phi) is 8.66. The van der Waals surface area contributed by atoms with Crippen LogP contribution in [-0.2, 0) is 21.4 Å². The van der Waals surface area contributed by atoms with Gasteiger partial charge in [0.1, 0.15) is 0 Å². The van der Waals surface area contributed by atoms with E-state index in [1.54, 1.807) is 48.2 Å². The summed E-state index contributed by atoms with van der Waals surface area (Å²) in [5.41, 5.74) is 1.20. The molecule has 0 aromatic heterocycles. The van der Waals surface area contributed by atoms with E-state index < -0.39 is 15.9 Å². The molecule has 3 aromatic carbocycles. The molecule has 0 aliphatic rings. The van der Waals surface area contributed by atoms with Crippen molar-refractivity contribution < 1.29 is 13.2 Å². The third-order valence-electron chi connectivity index (χ3n) is 4.47. The fraction of sp³-hybridized carbons (Fsp3) is 0.136. The number of anilines is 1. The number of nitrogens with zero attached hydrogens (tertiary/aromatic N) is 1. The molecule has 0 saturated heterocycles. The van der Waals surface area contributed by atoms with Crippen LogP contribution >= 0.6 is 50.9 Å². The minimum absolute atomic E-state index is 0.0481. The van der Waals surface area contributed by atoms with Crippen molar-refractivity contribution in [1.29, 1.82) is 0 Å². The van der Waals surface area contributed by atoms with Crippen molar-refractivity contribution in [3.8, 4) is 0 Å². The number of rotatable bonds is 8. The van der Waals surface area contributed by atoms with E-state index in [4.69, 9.17) is 23.2 Å². The van der Waals surface area contributed by atoms with Crippen LogP contribution in [0.5, 0.6) is 0 Å². The zero-order valence-corrected chi connectivity index (χ0v) is 21.6. The summed E-state index contributed by atoms with van der Waals surface area (Å²) in [6.45, 7) is -0.421. The molecule has 0 aliphatic heterocycles. The molecule has 0 saturated carbocycles. The molecule has 0 heterocycles. The molecule has 1 N–H and O–H groups in total. The summed E-state index contributed by atoms with van der Waals surface area (Å²) in [5.74, 6) is -0.455. The Hall–Kier alpha value is -1.55. The first-order chi connectivity index (χ1) is 15.2. The normalized spacial score (nSPS) is 11.5. The zero-order chi connectivity index (χ0) is 23.3. The van der Waals surface area contributed by atoms with Crippen LogP contribution < -0.4 is 5.32 Å². The van der Waals surface area contributed by atoms with E-state index in [1.807, 2.05) is 24.5 Å². The summed E-state index contributed by atoms with van der Waals surface area (Å²) in [4.78, 5) is 13.9. The number of hydrogen-bond donors (Lipinski definition) is 1. The van der Waals surface area contributed by atoms with Gasteiger partial charge in [-0.05, 0) is 66.4 Å². The van der Waals surface area contributed by atoms with Gasteiger partial charge in [-0.15, -0.1) is 11.8 Å². The van der Waals surface area contributed by atoms with E-state index in [0.29, 0.717) is 21.3 Å². The highest BCUT2D eigenvalue weighted by Gasteiger charge is 2.27. The van der Waals surface area contributed by atoms with Crippen LogP contribution in [0.4, 0.5) is 5.69 Å². The summed E-state index contributed by atoms with van der Waals surface area (Å²) in [6, 6.07) is 18.4. The third-order valence-corrected chi connectivity index (χ3v) is 8.27. The minimum Gasteiger partial charge on any atom is -0.325 e. The summed E-state index contributed by atoms with van der Waals surface area (Å²) in [7, 11) is -3.97. The molecule has 0 spiro atoms. The zero-order valence-electron chi connectivity index (χ0n) is 16.9. The lowest BCUT2D eigenvalue weighted by atomic mass is 10.2. The number of halogens is 3. The van der Waals surface area contributed by atoms with E-state index in [2.05, 4.69) is 21.2 Å². The summed E-state index contributed by atoms with van der Waals surface area (Å²) in [6.07, 6.45) is 1.94. The van der Waals surface area contributed by atoms with Crippen LogP contribution in [0.1, 0.15) is 5.56 Å². The highest BCUT2D eigenvalue weighted by molar-refractivity contribution is 9.10. The van der Waals surface area contributed by atoms with Crippen LogP contribution in [0, 0.1) is 0 Å². The first-order valence-electron chi connectivity index (χ1n) is 9.32. The number of benzene rings is 3. The molecule has 5 nitrogen and oxygen atoms in total. The van der Waals surface area contributed by atoms with Gasteiger partial charge in [0.2, 0.25) is 15.9 Å². The van der Waals surface area contributed by atoms with Crippen LogP contribution in [-0.4, -0.2) is 31.4 Å². The molecule has 0 fully saturated rings. The lowest BCUT2D eigenvalue weighted by Gasteiger charge is -2.22. The molecule has 0 unspecified atom stereocenters. The molecule has 3 rings (SSSR count). The maximum absolute atomic E-state index is 13.4. The van der Waals surface area contributed by atoms with Crippen LogP contribution in [0.15, 0.2) is 81.0 Å². The van der Waals surface area contributed by atoms with Gasteiger partial charge in [0, 0.05) is 21.6 Å². The standard InChI is InChI=1S/C22H19BrCl2N2O3S2/c1-31-18-4-2-3-17(12-18)26-22(28)14-27(13-15-5-10-20(24)21(25)11-15)32(29,30)19-8-6-16(23)7-9-19/h2-12H,13-14H2,1H3,(H,26,28). The highest BCUT2D eigenvalue weighted by atomic mass is 79.9. The van der Waals surface area contributed by atoms with E-state index in [-0.39, 0.29) is 18.0 Å². The molecule has 0 radical (unpaired) electrons. The summed E-state index contributed by atoms with van der Waals surface area (Å²) >= 11 is 16.9. The Morgan fingerprint density at radius 3 is 2.41 bits per heavy atom. The van der Waals surface area contributed by atoms with Crippen LogP contribution in [0.2, 0.25) is 10.0 Å². The summed E-state index contributed by atoms with van der Waals surface area (Å²) < 4.78 is 28.6. The second-order valence-electron chi connectivity index (χ2n) is 6.76. The van der Waals surface area contributed by atoms with Gasteiger partial charge in [0.05, 0.1) is 21.5 Å². The average Bonchev–Trinajstić information content (AvgIpc) is 2.76. The van der Waals surface area contributed by atoms with Crippen molar-refractivity contribution in [3.05, 3.63) is 86.8 Å². The smallest absolute Gasteiger partial charge is 0.243 e. The number of amides is 1. The lowest BCUT2D eigenvalue weighted by molar-refractivity contribution is -0.116. The van der Waals surface area contributed by atoms with Crippen molar-refractivity contribution in [2.75, 3.05) is 18.1 Å². The van der Waals surface area contributed by atoms with E-state index in [0.717, 1.165) is 13.7 Å². The summed E-state index contributed by atoms with van der Waals surface area (Å²) in [5, 5.41) is 3.45. The van der Waals surface area contributed by atoms with E-state index >= 15 is 0 Å².